The number of carbonyl (C=O) groups is 1. The maximum Gasteiger partial charge on any atom is 0.251 e. The molecule has 0 atom stereocenters. The van der Waals surface area contributed by atoms with E-state index >= 15 is 0 Å². The SMILES string of the molecule is CCNc1cc(C(=O)NCCC2CCCC2)cc(CC)n1. The Morgan fingerprint density at radius 2 is 2.05 bits per heavy atom. The standard InChI is InChI=1S/C17H27N3O/c1-3-15-11-14(12-16(20-15)18-4-2)17(21)19-10-9-13-7-5-6-8-13/h11-13H,3-10H2,1-2H3,(H,18,20)(H,19,21). The highest BCUT2D eigenvalue weighted by molar-refractivity contribution is 5.95. The van der Waals surface area contributed by atoms with Crippen molar-refractivity contribution in [1.82, 2.24) is 10.3 Å². The second kappa shape index (κ2) is 8.01. The van der Waals surface area contributed by atoms with E-state index in [2.05, 4.69) is 22.5 Å². The first-order chi connectivity index (χ1) is 10.2. The van der Waals surface area contributed by atoms with Crippen LogP contribution in [0.25, 0.3) is 0 Å². The van der Waals surface area contributed by atoms with Gasteiger partial charge in [0, 0.05) is 24.3 Å². The van der Waals surface area contributed by atoms with Crippen LogP contribution < -0.4 is 10.6 Å². The number of aryl methyl sites for hydroxylation is 1. The van der Waals surface area contributed by atoms with Crippen molar-refractivity contribution in [2.75, 3.05) is 18.4 Å². The number of anilines is 1. The van der Waals surface area contributed by atoms with Crippen molar-refractivity contribution < 1.29 is 4.79 Å². The molecule has 0 unspecified atom stereocenters. The molecule has 1 saturated carbocycles. The first-order valence-corrected chi connectivity index (χ1v) is 8.26. The Kier molecular flexibility index (Phi) is 6.03. The molecule has 1 aliphatic rings. The van der Waals surface area contributed by atoms with Crippen LogP contribution in [0.5, 0.6) is 0 Å². The number of carbonyl (C=O) groups excluding carboxylic acids is 1. The molecule has 116 valence electrons. The van der Waals surface area contributed by atoms with Crippen LogP contribution in [0.2, 0.25) is 0 Å². The summed E-state index contributed by atoms with van der Waals surface area (Å²) < 4.78 is 0. The molecule has 1 aliphatic carbocycles. The maximum atomic E-state index is 12.3. The summed E-state index contributed by atoms with van der Waals surface area (Å²) in [4.78, 5) is 16.8. The van der Waals surface area contributed by atoms with Gasteiger partial charge in [0.25, 0.3) is 5.91 Å². The fraction of sp³-hybridized carbons (Fsp3) is 0.647. The molecule has 2 rings (SSSR count). The molecule has 0 radical (unpaired) electrons. The minimum Gasteiger partial charge on any atom is -0.370 e. The van der Waals surface area contributed by atoms with E-state index in [1.54, 1.807) is 0 Å². The van der Waals surface area contributed by atoms with Crippen molar-refractivity contribution in [1.29, 1.82) is 0 Å². The van der Waals surface area contributed by atoms with Gasteiger partial charge in [-0.3, -0.25) is 4.79 Å². The second-order valence-corrected chi connectivity index (χ2v) is 5.81. The van der Waals surface area contributed by atoms with Gasteiger partial charge in [-0.2, -0.15) is 0 Å². The lowest BCUT2D eigenvalue weighted by Crippen LogP contribution is -2.26. The quantitative estimate of drug-likeness (QED) is 0.809. The molecule has 21 heavy (non-hydrogen) atoms. The normalized spacial score (nSPS) is 15.1. The lowest BCUT2D eigenvalue weighted by molar-refractivity contribution is 0.0951. The molecule has 1 heterocycles. The molecular weight excluding hydrogens is 262 g/mol. The van der Waals surface area contributed by atoms with Gasteiger partial charge in [0.15, 0.2) is 0 Å². The average molecular weight is 289 g/mol. The van der Waals surface area contributed by atoms with Gasteiger partial charge in [0.2, 0.25) is 0 Å². The molecule has 2 N–H and O–H groups in total. The Labute approximate surface area is 127 Å². The van der Waals surface area contributed by atoms with Crippen molar-refractivity contribution in [3.63, 3.8) is 0 Å². The second-order valence-electron chi connectivity index (χ2n) is 5.81. The largest absolute Gasteiger partial charge is 0.370 e. The summed E-state index contributed by atoms with van der Waals surface area (Å²) in [5.74, 6) is 1.62. The first kappa shape index (κ1) is 15.8. The van der Waals surface area contributed by atoms with Gasteiger partial charge in [-0.25, -0.2) is 4.98 Å². The molecule has 4 nitrogen and oxygen atoms in total. The van der Waals surface area contributed by atoms with Crippen LogP contribution in [0, 0.1) is 5.92 Å². The van der Waals surface area contributed by atoms with Gasteiger partial charge in [0.05, 0.1) is 0 Å². The summed E-state index contributed by atoms with van der Waals surface area (Å²) in [6, 6.07) is 3.74. The fourth-order valence-electron chi connectivity index (χ4n) is 2.96. The Balaban J connectivity index is 1.92. The first-order valence-electron chi connectivity index (χ1n) is 8.26. The van der Waals surface area contributed by atoms with E-state index in [9.17, 15) is 4.79 Å². The van der Waals surface area contributed by atoms with Crippen LogP contribution >= 0.6 is 0 Å². The van der Waals surface area contributed by atoms with Crippen molar-refractivity contribution in [3.8, 4) is 0 Å². The lowest BCUT2D eigenvalue weighted by atomic mass is 10.0. The number of nitrogens with one attached hydrogen (secondary N) is 2. The van der Waals surface area contributed by atoms with Crippen molar-refractivity contribution in [2.45, 2.75) is 52.4 Å². The van der Waals surface area contributed by atoms with Gasteiger partial charge >= 0.3 is 0 Å². The van der Waals surface area contributed by atoms with Crippen LogP contribution in [-0.4, -0.2) is 24.0 Å². The molecule has 0 saturated heterocycles. The Bertz CT molecular complexity index is 467. The summed E-state index contributed by atoms with van der Waals surface area (Å²) in [6.07, 6.45) is 7.31. The molecule has 0 bridgehead atoms. The van der Waals surface area contributed by atoms with Gasteiger partial charge in [0.1, 0.15) is 5.82 Å². The Hall–Kier alpha value is -1.58. The number of hydrogen-bond acceptors (Lipinski definition) is 3. The predicted molar refractivity (Wildman–Crippen MR) is 86.7 cm³/mol. The van der Waals surface area contributed by atoms with Crippen LogP contribution in [0.1, 0.15) is 62.0 Å². The highest BCUT2D eigenvalue weighted by atomic mass is 16.1. The van der Waals surface area contributed by atoms with Crippen LogP contribution in [0.15, 0.2) is 12.1 Å². The number of nitrogens with zero attached hydrogens (tertiary/aromatic N) is 1. The maximum absolute atomic E-state index is 12.3. The van der Waals surface area contributed by atoms with E-state index in [0.717, 1.165) is 43.4 Å². The van der Waals surface area contributed by atoms with E-state index in [1.807, 2.05) is 19.1 Å². The summed E-state index contributed by atoms with van der Waals surface area (Å²) in [6.45, 7) is 5.67. The molecule has 0 spiro atoms. The van der Waals surface area contributed by atoms with Crippen molar-refractivity contribution in [3.05, 3.63) is 23.4 Å². The molecule has 0 aromatic carbocycles. The third-order valence-corrected chi connectivity index (χ3v) is 4.17. The highest BCUT2D eigenvalue weighted by Gasteiger charge is 2.15. The molecule has 0 aliphatic heterocycles. The van der Waals surface area contributed by atoms with Gasteiger partial charge in [-0.05, 0) is 37.8 Å². The van der Waals surface area contributed by atoms with Crippen LogP contribution in [0.4, 0.5) is 5.82 Å². The average Bonchev–Trinajstić information content (AvgIpc) is 3.00. The number of rotatable bonds is 7. The minimum atomic E-state index is 0.0178. The molecule has 1 amide bonds. The Morgan fingerprint density at radius 3 is 2.71 bits per heavy atom. The van der Waals surface area contributed by atoms with Crippen LogP contribution in [-0.2, 0) is 6.42 Å². The molecule has 4 heteroatoms. The van der Waals surface area contributed by atoms with E-state index < -0.39 is 0 Å². The highest BCUT2D eigenvalue weighted by Crippen LogP contribution is 2.26. The fourth-order valence-corrected chi connectivity index (χ4v) is 2.96. The molecule has 1 aromatic heterocycles. The van der Waals surface area contributed by atoms with E-state index in [0.29, 0.717) is 5.56 Å². The third kappa shape index (κ3) is 4.73. The lowest BCUT2D eigenvalue weighted by Gasteiger charge is -2.11. The number of hydrogen-bond donors (Lipinski definition) is 2. The molecule has 1 fully saturated rings. The van der Waals surface area contributed by atoms with Gasteiger partial charge < -0.3 is 10.6 Å². The minimum absolute atomic E-state index is 0.0178. The van der Waals surface area contributed by atoms with E-state index in [-0.39, 0.29) is 5.91 Å². The van der Waals surface area contributed by atoms with Crippen molar-refractivity contribution >= 4 is 11.7 Å². The smallest absolute Gasteiger partial charge is 0.251 e. The summed E-state index contributed by atoms with van der Waals surface area (Å²) in [5, 5.41) is 6.24. The third-order valence-electron chi connectivity index (χ3n) is 4.17. The number of aromatic nitrogens is 1. The van der Waals surface area contributed by atoms with Gasteiger partial charge in [-0.1, -0.05) is 32.6 Å². The van der Waals surface area contributed by atoms with Gasteiger partial charge in [-0.15, -0.1) is 0 Å². The van der Waals surface area contributed by atoms with E-state index in [4.69, 9.17) is 0 Å². The zero-order valence-electron chi connectivity index (χ0n) is 13.2. The topological polar surface area (TPSA) is 54.0 Å². The summed E-state index contributed by atoms with van der Waals surface area (Å²) in [5.41, 5.74) is 1.67. The monoisotopic (exact) mass is 289 g/mol. The predicted octanol–water partition coefficient (Wildman–Crippen LogP) is 3.39. The summed E-state index contributed by atoms with van der Waals surface area (Å²) >= 11 is 0. The van der Waals surface area contributed by atoms with Crippen LogP contribution in [0.3, 0.4) is 0 Å². The van der Waals surface area contributed by atoms with Crippen molar-refractivity contribution in [2.24, 2.45) is 5.92 Å². The Morgan fingerprint density at radius 1 is 1.29 bits per heavy atom. The zero-order valence-corrected chi connectivity index (χ0v) is 13.2. The summed E-state index contributed by atoms with van der Waals surface area (Å²) in [7, 11) is 0. The molecular formula is C17H27N3O. The van der Waals surface area contributed by atoms with E-state index in [1.165, 1.54) is 25.7 Å². The molecule has 1 aromatic rings. The zero-order chi connectivity index (χ0) is 15.1. The number of amides is 1. The number of pyridine rings is 1.